The minimum Gasteiger partial charge on any atom is -0.351 e. The lowest BCUT2D eigenvalue weighted by atomic mass is 10.3. The van der Waals surface area contributed by atoms with Gasteiger partial charge in [-0.25, -0.2) is 4.79 Å². The first kappa shape index (κ1) is 21.2. The van der Waals surface area contributed by atoms with Gasteiger partial charge in [0.05, 0.1) is 5.69 Å². The van der Waals surface area contributed by atoms with E-state index in [1.54, 1.807) is 30.8 Å². The number of aromatic amines is 1. The molecule has 0 fully saturated rings. The van der Waals surface area contributed by atoms with E-state index in [4.69, 9.17) is 0 Å². The SMILES string of the molecule is Cc1cn(CC(=O)Nc2cc(C(=O)NCCCN(C)C)n(C)c2)c(=O)[nH]c1=O. The zero-order valence-corrected chi connectivity index (χ0v) is 16.5. The summed E-state index contributed by atoms with van der Waals surface area (Å²) in [5.41, 5.74) is 0.0558. The van der Waals surface area contributed by atoms with Crippen LogP contribution < -0.4 is 21.9 Å². The fraction of sp³-hybridized carbons (Fsp3) is 0.444. The summed E-state index contributed by atoms with van der Waals surface area (Å²) in [6.45, 7) is 2.72. The Labute approximate surface area is 162 Å². The molecule has 2 amide bonds. The second kappa shape index (κ2) is 9.18. The van der Waals surface area contributed by atoms with E-state index in [2.05, 4.69) is 15.6 Å². The van der Waals surface area contributed by atoms with Gasteiger partial charge in [-0.2, -0.15) is 0 Å². The largest absolute Gasteiger partial charge is 0.351 e. The summed E-state index contributed by atoms with van der Waals surface area (Å²) in [5, 5.41) is 5.49. The zero-order valence-electron chi connectivity index (χ0n) is 16.5. The van der Waals surface area contributed by atoms with E-state index in [1.165, 1.54) is 6.20 Å². The molecule has 0 aliphatic heterocycles. The van der Waals surface area contributed by atoms with Crippen LogP contribution in [0.3, 0.4) is 0 Å². The third kappa shape index (κ3) is 5.68. The van der Waals surface area contributed by atoms with Gasteiger partial charge in [0, 0.05) is 31.5 Å². The van der Waals surface area contributed by atoms with Gasteiger partial charge in [0.15, 0.2) is 0 Å². The summed E-state index contributed by atoms with van der Waals surface area (Å²) in [7, 11) is 5.65. The highest BCUT2D eigenvalue weighted by molar-refractivity contribution is 5.96. The Morgan fingerprint density at radius 1 is 1.21 bits per heavy atom. The monoisotopic (exact) mass is 390 g/mol. The first-order valence-electron chi connectivity index (χ1n) is 8.87. The number of carbonyl (C=O) groups excluding carboxylic acids is 2. The van der Waals surface area contributed by atoms with Crippen LogP contribution in [0, 0.1) is 6.92 Å². The highest BCUT2D eigenvalue weighted by atomic mass is 16.2. The zero-order chi connectivity index (χ0) is 20.8. The number of hydrogen-bond donors (Lipinski definition) is 3. The van der Waals surface area contributed by atoms with E-state index < -0.39 is 17.2 Å². The molecule has 10 nitrogen and oxygen atoms in total. The molecule has 2 aromatic rings. The van der Waals surface area contributed by atoms with E-state index in [1.807, 2.05) is 19.0 Å². The van der Waals surface area contributed by atoms with Crippen LogP contribution in [0.25, 0.3) is 0 Å². The fourth-order valence-electron chi connectivity index (χ4n) is 2.64. The molecule has 0 spiro atoms. The van der Waals surface area contributed by atoms with Gasteiger partial charge < -0.3 is 20.1 Å². The van der Waals surface area contributed by atoms with Crippen molar-refractivity contribution in [2.75, 3.05) is 32.5 Å². The molecule has 152 valence electrons. The highest BCUT2D eigenvalue weighted by Crippen LogP contribution is 2.13. The van der Waals surface area contributed by atoms with Crippen LogP contribution in [-0.2, 0) is 18.4 Å². The number of hydrogen-bond acceptors (Lipinski definition) is 5. The minimum atomic E-state index is -0.656. The number of anilines is 1. The van der Waals surface area contributed by atoms with E-state index in [0.29, 0.717) is 23.5 Å². The van der Waals surface area contributed by atoms with Gasteiger partial charge in [0.1, 0.15) is 12.2 Å². The Bertz CT molecular complexity index is 969. The first-order valence-corrected chi connectivity index (χ1v) is 8.87. The molecule has 0 atom stereocenters. The lowest BCUT2D eigenvalue weighted by Gasteiger charge is -2.10. The van der Waals surface area contributed by atoms with Crippen LogP contribution in [0.4, 0.5) is 5.69 Å². The summed E-state index contributed by atoms with van der Waals surface area (Å²) in [6, 6.07) is 1.57. The van der Waals surface area contributed by atoms with Crippen molar-refractivity contribution >= 4 is 17.5 Å². The smallest absolute Gasteiger partial charge is 0.328 e. The number of nitrogens with zero attached hydrogens (tertiary/aromatic N) is 3. The fourth-order valence-corrected chi connectivity index (χ4v) is 2.64. The summed E-state index contributed by atoms with van der Waals surface area (Å²) in [4.78, 5) is 51.8. The summed E-state index contributed by atoms with van der Waals surface area (Å²) >= 11 is 0. The van der Waals surface area contributed by atoms with E-state index in [9.17, 15) is 19.2 Å². The molecule has 0 aromatic carbocycles. The third-order valence-electron chi connectivity index (χ3n) is 4.09. The van der Waals surface area contributed by atoms with Crippen molar-refractivity contribution in [1.29, 1.82) is 0 Å². The number of amides is 2. The second-order valence-corrected chi connectivity index (χ2v) is 6.89. The number of nitrogens with one attached hydrogen (secondary N) is 3. The van der Waals surface area contributed by atoms with Gasteiger partial charge in [-0.1, -0.05) is 0 Å². The second-order valence-electron chi connectivity index (χ2n) is 6.89. The van der Waals surface area contributed by atoms with Crippen molar-refractivity contribution in [3.8, 4) is 0 Å². The molecule has 0 radical (unpaired) electrons. The molecular formula is C18H26N6O4. The van der Waals surface area contributed by atoms with Crippen LogP contribution in [0.15, 0.2) is 28.0 Å². The van der Waals surface area contributed by atoms with E-state index >= 15 is 0 Å². The van der Waals surface area contributed by atoms with Gasteiger partial charge in [0.25, 0.3) is 11.5 Å². The Morgan fingerprint density at radius 3 is 2.61 bits per heavy atom. The molecule has 0 aliphatic rings. The van der Waals surface area contributed by atoms with Crippen molar-refractivity contribution < 1.29 is 9.59 Å². The average molecular weight is 390 g/mol. The molecule has 2 aromatic heterocycles. The first-order chi connectivity index (χ1) is 13.2. The molecule has 0 saturated heterocycles. The predicted molar refractivity (Wildman–Crippen MR) is 106 cm³/mol. The van der Waals surface area contributed by atoms with Gasteiger partial charge in [-0.3, -0.25) is 23.9 Å². The van der Waals surface area contributed by atoms with Gasteiger partial charge in [0.2, 0.25) is 5.91 Å². The lowest BCUT2D eigenvalue weighted by Crippen LogP contribution is -2.34. The van der Waals surface area contributed by atoms with Crippen LogP contribution >= 0.6 is 0 Å². The molecule has 10 heteroatoms. The number of aryl methyl sites for hydroxylation is 2. The van der Waals surface area contributed by atoms with Gasteiger partial charge in [-0.05, 0) is 40.1 Å². The Balaban J connectivity index is 1.98. The van der Waals surface area contributed by atoms with Crippen LogP contribution in [0.5, 0.6) is 0 Å². The quantitative estimate of drug-likeness (QED) is 0.525. The Kier molecular flexibility index (Phi) is 6.94. The maximum absolute atomic E-state index is 12.3. The van der Waals surface area contributed by atoms with Gasteiger partial charge in [-0.15, -0.1) is 0 Å². The maximum Gasteiger partial charge on any atom is 0.328 e. The summed E-state index contributed by atoms with van der Waals surface area (Å²) in [6.07, 6.45) is 3.78. The minimum absolute atomic E-state index is 0.228. The van der Waals surface area contributed by atoms with Crippen molar-refractivity contribution in [2.24, 2.45) is 7.05 Å². The molecule has 0 bridgehead atoms. The molecular weight excluding hydrogens is 364 g/mol. The number of H-pyrrole nitrogens is 1. The van der Waals surface area contributed by atoms with E-state index in [0.717, 1.165) is 17.5 Å². The molecule has 3 N–H and O–H groups in total. The summed E-state index contributed by atoms with van der Waals surface area (Å²) in [5.74, 6) is -0.675. The van der Waals surface area contributed by atoms with Gasteiger partial charge >= 0.3 is 5.69 Å². The Hall–Kier alpha value is -3.14. The van der Waals surface area contributed by atoms with Crippen molar-refractivity contribution in [2.45, 2.75) is 19.9 Å². The van der Waals surface area contributed by atoms with Crippen molar-refractivity contribution in [3.05, 3.63) is 50.6 Å². The topological polar surface area (TPSA) is 121 Å². The third-order valence-corrected chi connectivity index (χ3v) is 4.09. The highest BCUT2D eigenvalue weighted by Gasteiger charge is 2.14. The standard InChI is InChI=1S/C18H26N6O4/c1-12-9-24(18(28)21-16(12)26)11-15(25)20-13-8-14(23(4)10-13)17(27)19-6-5-7-22(2)3/h8-10H,5-7,11H2,1-4H3,(H,19,27)(H,20,25)(H,21,26,28). The van der Waals surface area contributed by atoms with Crippen LogP contribution in [0.1, 0.15) is 22.5 Å². The molecule has 0 unspecified atom stereocenters. The normalized spacial score (nSPS) is 10.9. The average Bonchev–Trinajstić information content (AvgIpc) is 2.96. The van der Waals surface area contributed by atoms with Crippen molar-refractivity contribution in [1.82, 2.24) is 24.3 Å². The molecule has 0 aliphatic carbocycles. The van der Waals surface area contributed by atoms with Crippen molar-refractivity contribution in [3.63, 3.8) is 0 Å². The van der Waals surface area contributed by atoms with Crippen LogP contribution in [-0.4, -0.2) is 58.0 Å². The maximum atomic E-state index is 12.3. The summed E-state index contributed by atoms with van der Waals surface area (Å²) < 4.78 is 2.74. The number of aromatic nitrogens is 3. The molecule has 2 rings (SSSR count). The number of rotatable bonds is 8. The van der Waals surface area contributed by atoms with Crippen LogP contribution in [0.2, 0.25) is 0 Å². The molecule has 2 heterocycles. The van der Waals surface area contributed by atoms with E-state index in [-0.39, 0.29) is 12.5 Å². The predicted octanol–water partition coefficient (Wildman–Crippen LogP) is -0.496. The number of carbonyl (C=O) groups is 2. The molecule has 0 saturated carbocycles. The molecule has 28 heavy (non-hydrogen) atoms. The Morgan fingerprint density at radius 2 is 1.93 bits per heavy atom. The lowest BCUT2D eigenvalue weighted by molar-refractivity contribution is -0.116.